The van der Waals surface area contributed by atoms with E-state index in [-0.39, 0.29) is 18.6 Å². The predicted molar refractivity (Wildman–Crippen MR) is 79.9 cm³/mol. The second kappa shape index (κ2) is 6.61. The lowest BCUT2D eigenvalue weighted by Gasteiger charge is -2.26. The summed E-state index contributed by atoms with van der Waals surface area (Å²) in [6, 6.07) is 8.07. The molecule has 1 aliphatic heterocycles. The molecule has 4 nitrogen and oxygen atoms in total. The molecule has 2 unspecified atom stereocenters. The lowest BCUT2D eigenvalue weighted by atomic mass is 9.97. The van der Waals surface area contributed by atoms with Crippen LogP contribution in [0.15, 0.2) is 29.2 Å². The number of aliphatic hydroxyl groups is 1. The van der Waals surface area contributed by atoms with Crippen LogP contribution >= 0.6 is 11.8 Å². The van der Waals surface area contributed by atoms with Gasteiger partial charge in [-0.15, -0.1) is 11.8 Å². The van der Waals surface area contributed by atoms with Gasteiger partial charge in [-0.05, 0) is 26.0 Å². The van der Waals surface area contributed by atoms with Gasteiger partial charge in [0, 0.05) is 24.5 Å². The van der Waals surface area contributed by atoms with Crippen LogP contribution in [0.2, 0.25) is 0 Å². The van der Waals surface area contributed by atoms with E-state index < -0.39 is 5.60 Å². The van der Waals surface area contributed by atoms with Crippen LogP contribution in [0.4, 0.5) is 0 Å². The van der Waals surface area contributed by atoms with E-state index in [9.17, 15) is 9.90 Å². The minimum Gasteiger partial charge on any atom is -0.385 e. The van der Waals surface area contributed by atoms with Crippen molar-refractivity contribution in [3.05, 3.63) is 29.8 Å². The zero-order valence-corrected chi connectivity index (χ0v) is 12.7. The minimum absolute atomic E-state index is 0.0666. The van der Waals surface area contributed by atoms with Gasteiger partial charge in [-0.3, -0.25) is 4.79 Å². The first kappa shape index (κ1) is 15.4. The van der Waals surface area contributed by atoms with E-state index in [0.717, 1.165) is 4.90 Å². The fraction of sp³-hybridized carbons (Fsp3) is 0.533. The van der Waals surface area contributed by atoms with E-state index in [4.69, 9.17) is 4.74 Å². The van der Waals surface area contributed by atoms with Crippen LogP contribution in [-0.2, 0) is 9.53 Å². The fourth-order valence-corrected chi connectivity index (χ4v) is 2.82. The van der Waals surface area contributed by atoms with Gasteiger partial charge in [0.05, 0.1) is 11.9 Å². The molecular weight excluding hydrogens is 274 g/mol. The predicted octanol–water partition coefficient (Wildman–Crippen LogP) is 1.74. The van der Waals surface area contributed by atoms with Gasteiger partial charge in [-0.2, -0.15) is 0 Å². The van der Waals surface area contributed by atoms with Crippen LogP contribution in [-0.4, -0.2) is 41.6 Å². The van der Waals surface area contributed by atoms with E-state index in [1.54, 1.807) is 0 Å². The summed E-state index contributed by atoms with van der Waals surface area (Å²) in [5.74, 6) is 0.289. The third-order valence-electron chi connectivity index (χ3n) is 3.64. The number of carbonyl (C=O) groups excluding carboxylic acids is 1. The molecule has 0 aromatic heterocycles. The smallest absolute Gasteiger partial charge is 0.230 e. The van der Waals surface area contributed by atoms with Crippen LogP contribution in [0, 0.1) is 6.92 Å². The number of ether oxygens (including phenoxy) is 1. The Labute approximate surface area is 123 Å². The van der Waals surface area contributed by atoms with Crippen LogP contribution in [0.5, 0.6) is 0 Å². The largest absolute Gasteiger partial charge is 0.385 e. The van der Waals surface area contributed by atoms with Gasteiger partial charge in [0.2, 0.25) is 5.91 Å². The van der Waals surface area contributed by atoms with E-state index in [1.807, 2.05) is 38.1 Å². The molecule has 1 heterocycles. The third kappa shape index (κ3) is 3.98. The number of benzene rings is 1. The Balaban J connectivity index is 1.74. The van der Waals surface area contributed by atoms with Crippen molar-refractivity contribution in [3.63, 3.8) is 0 Å². The number of nitrogens with one attached hydrogen (secondary N) is 1. The molecule has 1 amide bonds. The summed E-state index contributed by atoms with van der Waals surface area (Å²) in [6.07, 6.45) is 0.340. The highest BCUT2D eigenvalue weighted by Crippen LogP contribution is 2.25. The maximum absolute atomic E-state index is 11.8. The Morgan fingerprint density at radius 2 is 2.20 bits per heavy atom. The highest BCUT2D eigenvalue weighted by Gasteiger charge is 2.39. The number of hydrogen-bond acceptors (Lipinski definition) is 4. The van der Waals surface area contributed by atoms with Crippen LogP contribution in [0.1, 0.15) is 18.9 Å². The van der Waals surface area contributed by atoms with Gasteiger partial charge >= 0.3 is 0 Å². The number of hydrogen-bond donors (Lipinski definition) is 2. The Bertz CT molecular complexity index is 463. The molecule has 1 fully saturated rings. The zero-order chi connectivity index (χ0) is 14.6. The first-order chi connectivity index (χ1) is 9.49. The third-order valence-corrected chi connectivity index (χ3v) is 4.65. The molecule has 2 rings (SSSR count). The van der Waals surface area contributed by atoms with Gasteiger partial charge in [0.1, 0.15) is 5.60 Å². The lowest BCUT2D eigenvalue weighted by Crippen LogP contribution is -2.47. The fourth-order valence-electron chi connectivity index (χ4n) is 2.09. The second-order valence-electron chi connectivity index (χ2n) is 5.25. The number of aryl methyl sites for hydroxylation is 1. The number of amides is 1. The van der Waals surface area contributed by atoms with Crippen molar-refractivity contribution >= 4 is 17.7 Å². The van der Waals surface area contributed by atoms with E-state index in [2.05, 4.69) is 5.32 Å². The van der Waals surface area contributed by atoms with Crippen molar-refractivity contribution in [2.75, 3.05) is 18.9 Å². The lowest BCUT2D eigenvalue weighted by molar-refractivity contribution is -0.120. The molecular formula is C15H21NO3S. The van der Waals surface area contributed by atoms with Gasteiger partial charge in [-0.25, -0.2) is 0 Å². The maximum Gasteiger partial charge on any atom is 0.230 e. The van der Waals surface area contributed by atoms with Crippen molar-refractivity contribution in [3.8, 4) is 0 Å². The van der Waals surface area contributed by atoms with E-state index >= 15 is 0 Å². The Morgan fingerprint density at radius 3 is 2.80 bits per heavy atom. The summed E-state index contributed by atoms with van der Waals surface area (Å²) in [4.78, 5) is 12.9. The molecule has 20 heavy (non-hydrogen) atoms. The van der Waals surface area contributed by atoms with Crippen molar-refractivity contribution in [2.24, 2.45) is 0 Å². The number of rotatable bonds is 5. The minimum atomic E-state index is -0.926. The first-order valence-electron chi connectivity index (χ1n) is 6.80. The highest BCUT2D eigenvalue weighted by molar-refractivity contribution is 8.00. The topological polar surface area (TPSA) is 58.6 Å². The van der Waals surface area contributed by atoms with E-state index in [0.29, 0.717) is 18.8 Å². The highest BCUT2D eigenvalue weighted by atomic mass is 32.2. The monoisotopic (exact) mass is 295 g/mol. The van der Waals surface area contributed by atoms with Crippen molar-refractivity contribution in [2.45, 2.75) is 36.9 Å². The van der Waals surface area contributed by atoms with Crippen LogP contribution in [0.3, 0.4) is 0 Å². The molecule has 1 aromatic rings. The molecule has 5 heteroatoms. The molecule has 0 radical (unpaired) electrons. The summed E-state index contributed by atoms with van der Waals surface area (Å²) >= 11 is 1.49. The van der Waals surface area contributed by atoms with Crippen LogP contribution in [0.25, 0.3) is 0 Å². The second-order valence-corrected chi connectivity index (χ2v) is 6.29. The molecule has 0 spiro atoms. The average Bonchev–Trinajstić information content (AvgIpc) is 2.76. The summed E-state index contributed by atoms with van der Waals surface area (Å²) in [5.41, 5.74) is 0.278. The average molecular weight is 295 g/mol. The van der Waals surface area contributed by atoms with Crippen molar-refractivity contribution < 1.29 is 14.6 Å². The van der Waals surface area contributed by atoms with Gasteiger partial charge in [0.15, 0.2) is 0 Å². The van der Waals surface area contributed by atoms with Crippen LogP contribution < -0.4 is 5.32 Å². The zero-order valence-electron chi connectivity index (χ0n) is 11.9. The van der Waals surface area contributed by atoms with Crippen molar-refractivity contribution in [1.82, 2.24) is 5.32 Å². The summed E-state index contributed by atoms with van der Waals surface area (Å²) in [5, 5.41) is 13.1. The number of thioether (sulfide) groups is 1. The summed E-state index contributed by atoms with van der Waals surface area (Å²) < 4.78 is 5.33. The standard InChI is InChI=1S/C15H21NO3S/c1-11-3-5-13(6-4-11)20-9-14(17)16-10-15(18)7-8-19-12(15)2/h3-6,12,18H,7-10H2,1-2H3,(H,16,17). The Morgan fingerprint density at radius 1 is 1.50 bits per heavy atom. The summed E-state index contributed by atoms with van der Waals surface area (Å²) in [6.45, 7) is 4.67. The molecule has 0 bridgehead atoms. The number of carbonyl (C=O) groups is 1. The van der Waals surface area contributed by atoms with Gasteiger partial charge in [0.25, 0.3) is 0 Å². The van der Waals surface area contributed by atoms with Gasteiger partial charge < -0.3 is 15.2 Å². The molecule has 1 aromatic carbocycles. The molecule has 0 saturated carbocycles. The maximum atomic E-state index is 11.8. The SMILES string of the molecule is Cc1ccc(SCC(=O)NCC2(O)CCOC2C)cc1. The normalized spacial score (nSPS) is 25.6. The molecule has 1 saturated heterocycles. The Hall–Kier alpha value is -1.04. The summed E-state index contributed by atoms with van der Waals surface area (Å²) in [7, 11) is 0. The Kier molecular flexibility index (Phi) is 5.07. The molecule has 2 atom stereocenters. The molecule has 110 valence electrons. The molecule has 1 aliphatic rings. The molecule has 2 N–H and O–H groups in total. The van der Waals surface area contributed by atoms with Gasteiger partial charge in [-0.1, -0.05) is 17.7 Å². The quantitative estimate of drug-likeness (QED) is 0.813. The molecule has 0 aliphatic carbocycles. The first-order valence-corrected chi connectivity index (χ1v) is 7.78. The van der Waals surface area contributed by atoms with Crippen molar-refractivity contribution in [1.29, 1.82) is 0 Å². The van der Waals surface area contributed by atoms with E-state index in [1.165, 1.54) is 17.3 Å².